The van der Waals surface area contributed by atoms with E-state index in [0.717, 1.165) is 16.7 Å². The fourth-order valence-corrected chi connectivity index (χ4v) is 7.15. The topological polar surface area (TPSA) is 130 Å². The summed E-state index contributed by atoms with van der Waals surface area (Å²) in [6.07, 6.45) is -2.52. The molecule has 11 nitrogen and oxygen atoms in total. The summed E-state index contributed by atoms with van der Waals surface area (Å²) >= 11 is 0. The van der Waals surface area contributed by atoms with E-state index in [9.17, 15) is 14.7 Å². The van der Waals surface area contributed by atoms with Crippen molar-refractivity contribution in [3.8, 4) is 11.5 Å². The van der Waals surface area contributed by atoms with Crippen LogP contribution in [0.3, 0.4) is 0 Å². The second kappa shape index (κ2) is 14.9. The minimum atomic E-state index is -2.50. The van der Waals surface area contributed by atoms with Crippen LogP contribution in [0, 0.1) is 0 Å². The van der Waals surface area contributed by atoms with Gasteiger partial charge in [0.15, 0.2) is 14.5 Å². The first-order valence-electron chi connectivity index (χ1n) is 16.6. The van der Waals surface area contributed by atoms with Crippen molar-refractivity contribution in [3.63, 3.8) is 0 Å². The van der Waals surface area contributed by atoms with Crippen molar-refractivity contribution in [1.82, 2.24) is 9.55 Å². The molecule has 1 fully saturated rings. The first-order valence-corrected chi connectivity index (χ1v) is 19.5. The van der Waals surface area contributed by atoms with Crippen molar-refractivity contribution in [2.24, 2.45) is 0 Å². The Morgan fingerprint density at radius 3 is 1.92 bits per heavy atom. The molecule has 1 aromatic heterocycles. The number of carbonyl (C=O) groups is 1. The van der Waals surface area contributed by atoms with Crippen LogP contribution in [0.1, 0.15) is 50.6 Å². The molecule has 12 heteroatoms. The zero-order chi connectivity index (χ0) is 36.3. The number of benzene rings is 3. The van der Waals surface area contributed by atoms with Gasteiger partial charge in [-0.3, -0.25) is 9.36 Å². The van der Waals surface area contributed by atoms with Crippen molar-refractivity contribution >= 4 is 20.0 Å². The number of carbonyl (C=O) groups excluding carboxylic acids is 1. The van der Waals surface area contributed by atoms with Gasteiger partial charge in [0.25, 0.3) is 0 Å². The summed E-state index contributed by atoms with van der Waals surface area (Å²) in [5, 5.41) is 14.3. The molecule has 1 amide bonds. The maximum absolute atomic E-state index is 13.3. The monoisotopic (exact) mass is 701 g/mol. The van der Waals surface area contributed by atoms with E-state index in [1.807, 2.05) is 78.9 Å². The summed E-state index contributed by atoms with van der Waals surface area (Å²) in [5.74, 6) is 1.15. The SMILES string of the molecule is COc1ccc(C(OC[C@H]2O[C@@H](n3ccc(NC(C)=O)nc3=O)[C@@H](O[Si](C)(C)C(C)(C)C)C2O)(c2ccccc2)c2ccc(OC)cc2)cc1. The summed E-state index contributed by atoms with van der Waals surface area (Å²) in [6.45, 7) is 11.7. The van der Waals surface area contributed by atoms with Gasteiger partial charge in [-0.25, -0.2) is 4.79 Å². The van der Waals surface area contributed by atoms with Gasteiger partial charge >= 0.3 is 5.69 Å². The third-order valence-electron chi connectivity index (χ3n) is 9.60. The number of ether oxygens (including phenoxy) is 4. The quantitative estimate of drug-likeness (QED) is 0.138. The molecule has 5 rings (SSSR count). The zero-order valence-corrected chi connectivity index (χ0v) is 30.9. The van der Waals surface area contributed by atoms with Crippen LogP contribution in [0.4, 0.5) is 5.82 Å². The summed E-state index contributed by atoms with van der Waals surface area (Å²) in [7, 11) is 0.733. The highest BCUT2D eigenvalue weighted by Crippen LogP contribution is 2.45. The van der Waals surface area contributed by atoms with E-state index in [1.165, 1.54) is 23.8 Å². The van der Waals surface area contributed by atoms with Crippen LogP contribution in [-0.4, -0.2) is 68.0 Å². The van der Waals surface area contributed by atoms with Gasteiger partial charge in [0.2, 0.25) is 5.91 Å². The summed E-state index contributed by atoms with van der Waals surface area (Å²) in [4.78, 5) is 29.0. The Morgan fingerprint density at radius 1 is 0.900 bits per heavy atom. The Kier molecular flexibility index (Phi) is 11.0. The molecule has 50 heavy (non-hydrogen) atoms. The van der Waals surface area contributed by atoms with E-state index in [0.29, 0.717) is 11.5 Å². The van der Waals surface area contributed by atoms with Crippen LogP contribution in [0.15, 0.2) is 95.9 Å². The number of nitrogens with one attached hydrogen (secondary N) is 1. The average molecular weight is 702 g/mol. The van der Waals surface area contributed by atoms with Crippen LogP contribution in [-0.2, 0) is 24.3 Å². The van der Waals surface area contributed by atoms with Gasteiger partial charge < -0.3 is 33.8 Å². The fourth-order valence-electron chi connectivity index (χ4n) is 5.86. The minimum absolute atomic E-state index is 0.0753. The first kappa shape index (κ1) is 36.9. The van der Waals surface area contributed by atoms with Crippen LogP contribution in [0.2, 0.25) is 18.1 Å². The van der Waals surface area contributed by atoms with Crippen LogP contribution in [0.5, 0.6) is 11.5 Å². The molecule has 1 aliphatic rings. The van der Waals surface area contributed by atoms with E-state index in [4.69, 9.17) is 23.4 Å². The number of aromatic nitrogens is 2. The number of hydrogen-bond donors (Lipinski definition) is 2. The Labute approximate surface area is 294 Å². The average Bonchev–Trinajstić information content (AvgIpc) is 3.38. The maximum Gasteiger partial charge on any atom is 0.351 e. The predicted octanol–water partition coefficient (Wildman–Crippen LogP) is 5.88. The van der Waals surface area contributed by atoms with E-state index >= 15 is 0 Å². The number of aliphatic hydroxyl groups is 1. The van der Waals surface area contributed by atoms with Gasteiger partial charge in [-0.15, -0.1) is 0 Å². The van der Waals surface area contributed by atoms with Crippen molar-refractivity contribution in [2.45, 2.75) is 76.0 Å². The van der Waals surface area contributed by atoms with E-state index in [2.05, 4.69) is 44.2 Å². The number of nitrogens with zero attached hydrogens (tertiary/aromatic N) is 2. The van der Waals surface area contributed by atoms with Crippen molar-refractivity contribution in [2.75, 3.05) is 26.1 Å². The lowest BCUT2D eigenvalue weighted by Gasteiger charge is -2.40. The Hall–Kier alpha value is -4.33. The van der Waals surface area contributed by atoms with Gasteiger partial charge in [-0.1, -0.05) is 75.4 Å². The number of amides is 1. The van der Waals surface area contributed by atoms with E-state index in [1.54, 1.807) is 14.2 Å². The summed E-state index contributed by atoms with van der Waals surface area (Å²) in [6, 6.07) is 26.7. The van der Waals surface area contributed by atoms with Gasteiger partial charge in [0.1, 0.15) is 41.2 Å². The number of methoxy groups -OCH3 is 2. The molecule has 4 aromatic rings. The molecule has 1 aliphatic heterocycles. The van der Waals surface area contributed by atoms with Crippen molar-refractivity contribution in [1.29, 1.82) is 0 Å². The molecule has 2 heterocycles. The smallest absolute Gasteiger partial charge is 0.351 e. The van der Waals surface area contributed by atoms with Gasteiger partial charge in [-0.2, -0.15) is 4.98 Å². The third kappa shape index (κ3) is 7.54. The molecule has 0 radical (unpaired) electrons. The van der Waals surface area contributed by atoms with Crippen LogP contribution in [0.25, 0.3) is 0 Å². The lowest BCUT2D eigenvalue weighted by atomic mass is 9.80. The third-order valence-corrected chi connectivity index (χ3v) is 14.1. The molecule has 1 saturated heterocycles. The normalized spacial score (nSPS) is 19.6. The largest absolute Gasteiger partial charge is 0.497 e. The second-order valence-corrected chi connectivity index (χ2v) is 18.7. The van der Waals surface area contributed by atoms with Crippen LogP contribution < -0.4 is 20.5 Å². The Morgan fingerprint density at radius 2 is 1.44 bits per heavy atom. The molecule has 0 aliphatic carbocycles. The van der Waals surface area contributed by atoms with E-state index in [-0.39, 0.29) is 23.4 Å². The highest BCUT2D eigenvalue weighted by Gasteiger charge is 2.51. The highest BCUT2D eigenvalue weighted by atomic mass is 28.4. The first-order chi connectivity index (χ1) is 23.7. The van der Waals surface area contributed by atoms with E-state index < -0.39 is 44.1 Å². The van der Waals surface area contributed by atoms with Gasteiger partial charge in [0.05, 0.1) is 20.8 Å². The standard InChI is InChI=1S/C38H47N3O8Si/c1-25(42)39-32-22-23-41(36(44)40-32)35-34(49-50(7,8)37(2,3)4)33(43)31(48-35)24-47-38(26-12-10-9-11-13-26,27-14-18-29(45-5)19-15-27)28-16-20-30(46-6)21-17-28/h9-23,31,33-35,43H,24H2,1-8H3,(H,39,40,42,44)/t31-,33?,34+,35-/m1/s1. The molecule has 266 valence electrons. The predicted molar refractivity (Wildman–Crippen MR) is 193 cm³/mol. The zero-order valence-electron chi connectivity index (χ0n) is 29.9. The molecule has 3 aromatic carbocycles. The molecule has 0 bridgehead atoms. The van der Waals surface area contributed by atoms with Crippen molar-refractivity contribution < 1.29 is 33.3 Å². The highest BCUT2D eigenvalue weighted by molar-refractivity contribution is 6.74. The molecular weight excluding hydrogens is 655 g/mol. The van der Waals surface area contributed by atoms with Crippen molar-refractivity contribution in [3.05, 3.63) is 118 Å². The molecular formula is C38H47N3O8Si. The minimum Gasteiger partial charge on any atom is -0.497 e. The Balaban J connectivity index is 1.58. The Bertz CT molecular complexity index is 1760. The number of anilines is 1. The molecule has 0 spiro atoms. The van der Waals surface area contributed by atoms with Crippen LogP contribution >= 0.6 is 0 Å². The fraction of sp³-hybridized carbons (Fsp3) is 0.395. The lowest BCUT2D eigenvalue weighted by Crippen LogP contribution is -2.49. The lowest BCUT2D eigenvalue weighted by molar-refractivity contribution is -0.114. The number of aliphatic hydroxyl groups excluding tert-OH is 1. The molecule has 1 unspecified atom stereocenters. The van der Waals surface area contributed by atoms with Gasteiger partial charge in [0, 0.05) is 13.1 Å². The van der Waals surface area contributed by atoms with Gasteiger partial charge in [-0.05, 0) is 65.2 Å². The molecule has 4 atom stereocenters. The molecule has 0 saturated carbocycles. The summed E-state index contributed by atoms with van der Waals surface area (Å²) in [5.41, 5.74) is 0.676. The second-order valence-electron chi connectivity index (χ2n) is 13.9. The maximum atomic E-state index is 13.3. The number of rotatable bonds is 12. The summed E-state index contributed by atoms with van der Waals surface area (Å²) < 4.78 is 32.6. The number of hydrogen-bond acceptors (Lipinski definition) is 9. The molecule has 2 N–H and O–H groups in total.